The van der Waals surface area contributed by atoms with E-state index in [9.17, 15) is 4.79 Å². The molecule has 2 N–H and O–H groups in total. The number of ether oxygens (including phenoxy) is 2. The number of nitrogens with one attached hydrogen (secondary N) is 1. The van der Waals surface area contributed by atoms with Crippen LogP contribution in [0.2, 0.25) is 0 Å². The van der Waals surface area contributed by atoms with Gasteiger partial charge in [-0.3, -0.25) is 4.79 Å². The first-order valence-corrected chi connectivity index (χ1v) is 6.01. The fraction of sp³-hybridized carbons (Fsp3) is 0.214. The Balaban J connectivity index is 2.02. The number of hydrogen-bond acceptors (Lipinski definition) is 4. The van der Waals surface area contributed by atoms with Crippen LogP contribution in [0.5, 0.6) is 11.5 Å². The molecule has 0 amide bonds. The Morgan fingerprint density at radius 2 is 1.89 bits per heavy atom. The molecule has 1 aromatic carbocycles. The van der Waals surface area contributed by atoms with Gasteiger partial charge in [-0.1, -0.05) is 0 Å². The van der Waals surface area contributed by atoms with Gasteiger partial charge in [-0.25, -0.2) is 0 Å². The van der Waals surface area contributed by atoms with Crippen LogP contribution in [-0.4, -0.2) is 23.3 Å². The second kappa shape index (κ2) is 4.78. The maximum atomic E-state index is 11.7. The molecule has 0 aliphatic carbocycles. The van der Waals surface area contributed by atoms with Crippen molar-refractivity contribution in [3.05, 3.63) is 46.2 Å². The molecular weight excluding hydrogens is 246 g/mol. The van der Waals surface area contributed by atoms with E-state index >= 15 is 0 Å². The van der Waals surface area contributed by atoms with Gasteiger partial charge in [0.05, 0.1) is 6.61 Å². The summed E-state index contributed by atoms with van der Waals surface area (Å²) in [6, 6.07) is 8.89. The van der Waals surface area contributed by atoms with Crippen molar-refractivity contribution in [2.24, 2.45) is 0 Å². The summed E-state index contributed by atoms with van der Waals surface area (Å²) in [4.78, 5) is 14.4. The summed E-state index contributed by atoms with van der Waals surface area (Å²) < 4.78 is 10.9. The van der Waals surface area contributed by atoms with Gasteiger partial charge in [0.2, 0.25) is 0 Å². The Hall–Kier alpha value is -2.27. The zero-order chi connectivity index (χ0) is 13.2. The molecule has 0 fully saturated rings. The van der Waals surface area contributed by atoms with Crippen molar-refractivity contribution in [3.63, 3.8) is 0 Å². The van der Waals surface area contributed by atoms with Crippen LogP contribution >= 0.6 is 0 Å². The van der Waals surface area contributed by atoms with E-state index in [1.54, 1.807) is 12.1 Å². The van der Waals surface area contributed by atoms with Crippen LogP contribution in [0.25, 0.3) is 11.3 Å². The minimum atomic E-state index is -0.283. The number of aliphatic hydroxyl groups excluding tert-OH is 1. The molecule has 98 valence electrons. The number of aromatic amines is 1. The van der Waals surface area contributed by atoms with Crippen molar-refractivity contribution in [1.29, 1.82) is 0 Å². The Bertz CT molecular complexity index is 663. The van der Waals surface area contributed by atoms with Crippen molar-refractivity contribution >= 4 is 0 Å². The van der Waals surface area contributed by atoms with Crippen molar-refractivity contribution < 1.29 is 14.6 Å². The van der Waals surface area contributed by atoms with Gasteiger partial charge >= 0.3 is 0 Å². The predicted octanol–water partition coefficient (Wildman–Crippen LogP) is 1.31. The quantitative estimate of drug-likeness (QED) is 0.853. The van der Waals surface area contributed by atoms with Gasteiger partial charge in [0.1, 0.15) is 13.2 Å². The number of benzene rings is 1. The highest BCUT2D eigenvalue weighted by Crippen LogP contribution is 2.33. The Morgan fingerprint density at radius 3 is 2.63 bits per heavy atom. The van der Waals surface area contributed by atoms with Gasteiger partial charge in [0, 0.05) is 16.8 Å². The Kier molecular flexibility index (Phi) is 2.97. The number of aliphatic hydroxyl groups is 1. The number of aromatic nitrogens is 1. The van der Waals surface area contributed by atoms with E-state index < -0.39 is 0 Å². The fourth-order valence-corrected chi connectivity index (χ4v) is 2.01. The number of rotatable bonds is 2. The minimum absolute atomic E-state index is 0.267. The highest BCUT2D eigenvalue weighted by atomic mass is 16.6. The first-order chi connectivity index (χ1) is 9.28. The van der Waals surface area contributed by atoms with Crippen LogP contribution in [0.3, 0.4) is 0 Å². The summed E-state index contributed by atoms with van der Waals surface area (Å²) in [5, 5.41) is 8.98. The lowest BCUT2D eigenvalue weighted by molar-refractivity contribution is 0.171. The van der Waals surface area contributed by atoms with Crippen LogP contribution in [0, 0.1) is 0 Å². The lowest BCUT2D eigenvalue weighted by Gasteiger charge is -2.18. The maximum absolute atomic E-state index is 11.7. The molecule has 1 aromatic heterocycles. The highest BCUT2D eigenvalue weighted by molar-refractivity contribution is 5.64. The van der Waals surface area contributed by atoms with Crippen molar-refractivity contribution in [2.75, 3.05) is 13.2 Å². The van der Waals surface area contributed by atoms with E-state index in [4.69, 9.17) is 14.6 Å². The topological polar surface area (TPSA) is 71.6 Å². The zero-order valence-corrected chi connectivity index (χ0v) is 10.2. The summed E-state index contributed by atoms with van der Waals surface area (Å²) in [5.74, 6) is 1.39. The molecule has 0 saturated heterocycles. The first kappa shape index (κ1) is 11.8. The van der Waals surface area contributed by atoms with Crippen LogP contribution in [0.1, 0.15) is 5.56 Å². The van der Waals surface area contributed by atoms with Crippen LogP contribution < -0.4 is 15.0 Å². The van der Waals surface area contributed by atoms with Gasteiger partial charge in [0.15, 0.2) is 11.5 Å². The molecule has 5 nitrogen and oxygen atoms in total. The monoisotopic (exact) mass is 259 g/mol. The van der Waals surface area contributed by atoms with Gasteiger partial charge < -0.3 is 19.6 Å². The number of fused-ring (bicyclic) bond motifs is 1. The van der Waals surface area contributed by atoms with Gasteiger partial charge in [-0.2, -0.15) is 0 Å². The number of hydrogen-bond donors (Lipinski definition) is 2. The molecular formula is C14H13NO4. The Labute approximate surface area is 109 Å². The molecule has 3 rings (SSSR count). The number of H-pyrrole nitrogens is 1. The fourth-order valence-electron chi connectivity index (χ4n) is 2.01. The third-order valence-electron chi connectivity index (χ3n) is 3.01. The SMILES string of the molecule is O=c1[nH]c(-c2ccc3c(c2)OCCO3)ccc1CO. The highest BCUT2D eigenvalue weighted by Gasteiger charge is 2.12. The van der Waals surface area contributed by atoms with E-state index in [1.807, 2.05) is 18.2 Å². The standard InChI is InChI=1S/C14H13NO4/c16-8-10-1-3-11(15-14(10)17)9-2-4-12-13(7-9)19-6-5-18-12/h1-4,7,16H,5-6,8H2,(H,15,17). The molecule has 2 heterocycles. The molecule has 0 spiro atoms. The molecule has 19 heavy (non-hydrogen) atoms. The molecule has 1 aliphatic heterocycles. The molecule has 0 saturated carbocycles. The van der Waals surface area contributed by atoms with Crippen molar-refractivity contribution in [2.45, 2.75) is 6.61 Å². The average Bonchev–Trinajstić information content (AvgIpc) is 2.46. The van der Waals surface area contributed by atoms with Crippen LogP contribution in [0.4, 0.5) is 0 Å². The molecule has 0 bridgehead atoms. The largest absolute Gasteiger partial charge is 0.486 e. The van der Waals surface area contributed by atoms with E-state index in [2.05, 4.69) is 4.98 Å². The normalized spacial score (nSPS) is 13.3. The smallest absolute Gasteiger partial charge is 0.253 e. The van der Waals surface area contributed by atoms with E-state index in [-0.39, 0.29) is 12.2 Å². The first-order valence-electron chi connectivity index (χ1n) is 6.01. The molecule has 5 heteroatoms. The molecule has 2 aromatic rings. The van der Waals surface area contributed by atoms with E-state index in [0.717, 1.165) is 5.56 Å². The van der Waals surface area contributed by atoms with E-state index in [1.165, 1.54) is 0 Å². The predicted molar refractivity (Wildman–Crippen MR) is 69.4 cm³/mol. The molecule has 0 unspecified atom stereocenters. The maximum Gasteiger partial charge on any atom is 0.253 e. The summed E-state index contributed by atoms with van der Waals surface area (Å²) in [6.45, 7) is 0.807. The van der Waals surface area contributed by atoms with E-state index in [0.29, 0.717) is 36.0 Å². The second-order valence-corrected chi connectivity index (χ2v) is 4.24. The molecule has 0 atom stereocenters. The summed E-state index contributed by atoms with van der Waals surface area (Å²) >= 11 is 0. The minimum Gasteiger partial charge on any atom is -0.486 e. The second-order valence-electron chi connectivity index (χ2n) is 4.24. The zero-order valence-electron chi connectivity index (χ0n) is 10.2. The summed E-state index contributed by atoms with van der Waals surface area (Å²) in [7, 11) is 0. The lowest BCUT2D eigenvalue weighted by Crippen LogP contribution is -2.15. The van der Waals surface area contributed by atoms with Crippen molar-refractivity contribution in [1.82, 2.24) is 4.98 Å². The molecule has 1 aliphatic rings. The third kappa shape index (κ3) is 2.20. The van der Waals surface area contributed by atoms with Gasteiger partial charge in [0.25, 0.3) is 5.56 Å². The van der Waals surface area contributed by atoms with Crippen LogP contribution in [-0.2, 0) is 6.61 Å². The summed E-state index contributed by atoms with van der Waals surface area (Å²) in [6.07, 6.45) is 0. The number of pyridine rings is 1. The van der Waals surface area contributed by atoms with Crippen molar-refractivity contribution in [3.8, 4) is 22.8 Å². The molecule has 0 radical (unpaired) electrons. The van der Waals surface area contributed by atoms with Crippen LogP contribution in [0.15, 0.2) is 35.1 Å². The van der Waals surface area contributed by atoms with Gasteiger partial charge in [-0.15, -0.1) is 0 Å². The lowest BCUT2D eigenvalue weighted by atomic mass is 10.1. The summed E-state index contributed by atoms with van der Waals surface area (Å²) in [5.41, 5.74) is 1.58. The Morgan fingerprint density at radius 1 is 1.11 bits per heavy atom. The van der Waals surface area contributed by atoms with Gasteiger partial charge in [-0.05, 0) is 30.3 Å². The third-order valence-corrected chi connectivity index (χ3v) is 3.01. The average molecular weight is 259 g/mol.